The first-order valence-electron chi connectivity index (χ1n) is 4.85. The molecule has 0 radical (unpaired) electrons. The maximum absolute atomic E-state index is 11.2. The van der Waals surface area contributed by atoms with Crippen LogP contribution >= 0.6 is 0 Å². The molecule has 0 bridgehead atoms. The molecule has 1 aliphatic rings. The van der Waals surface area contributed by atoms with E-state index < -0.39 is 10.0 Å². The zero-order valence-corrected chi connectivity index (χ0v) is 9.92. The molecule has 1 rings (SSSR count). The van der Waals surface area contributed by atoms with Gasteiger partial charge in [-0.1, -0.05) is 0 Å². The van der Waals surface area contributed by atoms with Crippen molar-refractivity contribution in [1.82, 2.24) is 9.21 Å². The third-order valence-electron chi connectivity index (χ3n) is 2.74. The highest BCUT2D eigenvalue weighted by molar-refractivity contribution is 7.88. The van der Waals surface area contributed by atoms with Crippen LogP contribution in [-0.2, 0) is 10.0 Å². The minimum atomic E-state index is -3.07. The Morgan fingerprint density at radius 3 is 2.13 bits per heavy atom. The summed E-state index contributed by atoms with van der Waals surface area (Å²) >= 11 is 0. The second kappa shape index (κ2) is 4.46. The molecule has 0 aromatic carbocycles. The van der Waals surface area contributed by atoms with E-state index in [1.165, 1.54) is 10.6 Å². The van der Waals surface area contributed by atoms with Crippen LogP contribution in [0.5, 0.6) is 0 Å². The largest absolute Gasteiger partial charge is 0.386 e. The summed E-state index contributed by atoms with van der Waals surface area (Å²) in [5.74, 6) is 0.128. The Morgan fingerprint density at radius 1 is 1.33 bits per heavy atom. The van der Waals surface area contributed by atoms with Crippen molar-refractivity contribution in [2.45, 2.75) is 13.0 Å². The van der Waals surface area contributed by atoms with Crippen molar-refractivity contribution in [2.24, 2.45) is 5.73 Å². The lowest BCUT2D eigenvalue weighted by Gasteiger charge is -2.36. The van der Waals surface area contributed by atoms with Gasteiger partial charge in [-0.2, -0.15) is 4.31 Å². The predicted octanol–water partition coefficient (Wildman–Crippen LogP) is -1.11. The molecule has 1 atom stereocenters. The van der Waals surface area contributed by atoms with Gasteiger partial charge in [0.15, 0.2) is 0 Å². The number of nitrogens with zero attached hydrogens (tertiary/aromatic N) is 2. The van der Waals surface area contributed by atoms with E-state index >= 15 is 0 Å². The summed E-state index contributed by atoms with van der Waals surface area (Å²) in [4.78, 5) is 2.02. The fourth-order valence-electron chi connectivity index (χ4n) is 1.62. The third-order valence-corrected chi connectivity index (χ3v) is 4.04. The molecule has 1 fully saturated rings. The van der Waals surface area contributed by atoms with Gasteiger partial charge in [-0.3, -0.25) is 10.3 Å². The molecule has 15 heavy (non-hydrogen) atoms. The van der Waals surface area contributed by atoms with Crippen LogP contribution < -0.4 is 5.73 Å². The van der Waals surface area contributed by atoms with Crippen LogP contribution in [-0.4, -0.2) is 61.9 Å². The zero-order valence-electron chi connectivity index (χ0n) is 9.10. The molecule has 6 nitrogen and oxygen atoms in total. The van der Waals surface area contributed by atoms with Gasteiger partial charge in [-0.25, -0.2) is 8.42 Å². The standard InChI is InChI=1S/C8H18N4O2S/c1-7(8(9)10)11-3-5-12(6-4-11)15(2,13)14/h7H,3-6H2,1-2H3,(H3,9,10). The van der Waals surface area contributed by atoms with E-state index in [4.69, 9.17) is 11.1 Å². The van der Waals surface area contributed by atoms with Crippen LogP contribution in [0.15, 0.2) is 0 Å². The third kappa shape index (κ3) is 3.15. The molecule has 1 unspecified atom stereocenters. The van der Waals surface area contributed by atoms with Gasteiger partial charge in [0.1, 0.15) is 5.84 Å². The highest BCUT2D eigenvalue weighted by atomic mass is 32.2. The quantitative estimate of drug-likeness (QED) is 0.478. The first kappa shape index (κ1) is 12.4. The summed E-state index contributed by atoms with van der Waals surface area (Å²) in [5, 5.41) is 7.31. The molecule has 0 spiro atoms. The van der Waals surface area contributed by atoms with E-state index in [9.17, 15) is 8.42 Å². The Labute approximate surface area is 90.6 Å². The van der Waals surface area contributed by atoms with Crippen LogP contribution in [0.4, 0.5) is 0 Å². The monoisotopic (exact) mass is 234 g/mol. The van der Waals surface area contributed by atoms with E-state index in [1.807, 2.05) is 11.8 Å². The maximum Gasteiger partial charge on any atom is 0.211 e. The lowest BCUT2D eigenvalue weighted by molar-refractivity contribution is 0.174. The maximum atomic E-state index is 11.2. The van der Waals surface area contributed by atoms with Crippen LogP contribution in [0.3, 0.4) is 0 Å². The van der Waals surface area contributed by atoms with Gasteiger partial charge in [-0.05, 0) is 6.92 Å². The van der Waals surface area contributed by atoms with Crippen molar-refractivity contribution in [3.05, 3.63) is 0 Å². The second-order valence-electron chi connectivity index (χ2n) is 3.83. The first-order valence-corrected chi connectivity index (χ1v) is 6.70. The molecule has 0 aromatic rings. The number of nitrogens with two attached hydrogens (primary N) is 1. The van der Waals surface area contributed by atoms with E-state index in [-0.39, 0.29) is 11.9 Å². The molecule has 0 amide bonds. The molecule has 7 heteroatoms. The Balaban J connectivity index is 2.53. The Bertz CT molecular complexity index is 333. The van der Waals surface area contributed by atoms with E-state index in [0.29, 0.717) is 26.2 Å². The van der Waals surface area contributed by atoms with Crippen molar-refractivity contribution in [1.29, 1.82) is 5.41 Å². The molecule has 1 saturated heterocycles. The Hall–Kier alpha value is -0.660. The van der Waals surface area contributed by atoms with Crippen LogP contribution in [0.1, 0.15) is 6.92 Å². The van der Waals surface area contributed by atoms with Gasteiger partial charge < -0.3 is 5.73 Å². The minimum Gasteiger partial charge on any atom is -0.386 e. The number of piperazine rings is 1. The molecular weight excluding hydrogens is 216 g/mol. The number of nitrogens with one attached hydrogen (secondary N) is 1. The summed E-state index contributed by atoms with van der Waals surface area (Å²) in [6.45, 7) is 4.09. The summed E-state index contributed by atoms with van der Waals surface area (Å²) in [7, 11) is -3.07. The number of rotatable bonds is 3. The van der Waals surface area contributed by atoms with Gasteiger partial charge in [0.05, 0.1) is 12.3 Å². The number of hydrogen-bond donors (Lipinski definition) is 2. The SMILES string of the molecule is CC(C(=N)N)N1CCN(S(C)(=O)=O)CC1. The average molecular weight is 234 g/mol. The van der Waals surface area contributed by atoms with Gasteiger partial charge >= 0.3 is 0 Å². The fourth-order valence-corrected chi connectivity index (χ4v) is 2.45. The van der Waals surface area contributed by atoms with Crippen molar-refractivity contribution >= 4 is 15.9 Å². The van der Waals surface area contributed by atoms with Crippen molar-refractivity contribution in [3.63, 3.8) is 0 Å². The van der Waals surface area contributed by atoms with Gasteiger partial charge in [-0.15, -0.1) is 0 Å². The molecular formula is C8H18N4O2S. The number of hydrogen-bond acceptors (Lipinski definition) is 4. The Morgan fingerprint density at radius 2 is 1.80 bits per heavy atom. The molecule has 0 aromatic heterocycles. The van der Waals surface area contributed by atoms with E-state index in [1.54, 1.807) is 0 Å². The second-order valence-corrected chi connectivity index (χ2v) is 5.81. The van der Waals surface area contributed by atoms with Gasteiger partial charge in [0.25, 0.3) is 0 Å². The molecule has 1 heterocycles. The van der Waals surface area contributed by atoms with Crippen molar-refractivity contribution in [3.8, 4) is 0 Å². The summed E-state index contributed by atoms with van der Waals surface area (Å²) in [5.41, 5.74) is 5.40. The molecule has 1 aliphatic heterocycles. The minimum absolute atomic E-state index is 0.105. The number of sulfonamides is 1. The topological polar surface area (TPSA) is 90.5 Å². The van der Waals surface area contributed by atoms with Gasteiger partial charge in [0, 0.05) is 26.2 Å². The van der Waals surface area contributed by atoms with E-state index in [2.05, 4.69) is 0 Å². The molecule has 0 aliphatic carbocycles. The smallest absolute Gasteiger partial charge is 0.211 e. The summed E-state index contributed by atoms with van der Waals surface area (Å²) in [6.07, 6.45) is 1.22. The Kier molecular flexibility index (Phi) is 3.69. The molecule has 3 N–H and O–H groups in total. The van der Waals surface area contributed by atoms with Crippen molar-refractivity contribution < 1.29 is 8.42 Å². The lowest BCUT2D eigenvalue weighted by atomic mass is 10.2. The van der Waals surface area contributed by atoms with Crippen LogP contribution in [0.25, 0.3) is 0 Å². The predicted molar refractivity (Wildman–Crippen MR) is 59.4 cm³/mol. The number of amidine groups is 1. The molecule has 0 saturated carbocycles. The summed E-state index contributed by atoms with van der Waals surface area (Å²) in [6, 6.07) is -0.105. The highest BCUT2D eigenvalue weighted by Gasteiger charge is 2.26. The van der Waals surface area contributed by atoms with Gasteiger partial charge in [0.2, 0.25) is 10.0 Å². The molecule has 88 valence electrons. The normalized spacial score (nSPS) is 22.5. The highest BCUT2D eigenvalue weighted by Crippen LogP contribution is 2.08. The fraction of sp³-hybridized carbons (Fsp3) is 0.875. The average Bonchev–Trinajstić information content (AvgIpc) is 2.15. The zero-order chi connectivity index (χ0) is 11.6. The van der Waals surface area contributed by atoms with Crippen molar-refractivity contribution in [2.75, 3.05) is 32.4 Å². The van der Waals surface area contributed by atoms with E-state index in [0.717, 1.165) is 0 Å². The van der Waals surface area contributed by atoms with Crippen LogP contribution in [0, 0.1) is 5.41 Å². The lowest BCUT2D eigenvalue weighted by Crippen LogP contribution is -2.53. The summed E-state index contributed by atoms with van der Waals surface area (Å²) < 4.78 is 23.9. The first-order chi connectivity index (χ1) is 6.82. The van der Waals surface area contributed by atoms with Crippen LogP contribution in [0.2, 0.25) is 0 Å².